The minimum absolute atomic E-state index is 0.125. The van der Waals surface area contributed by atoms with Crippen LogP contribution in [0.4, 0.5) is 0 Å². The summed E-state index contributed by atoms with van der Waals surface area (Å²) in [6.07, 6.45) is 5.12. The van der Waals surface area contributed by atoms with Crippen LogP contribution in [0.5, 0.6) is 0 Å². The molecule has 2 saturated carbocycles. The van der Waals surface area contributed by atoms with Crippen LogP contribution >= 0.6 is 0 Å². The lowest BCUT2D eigenvalue weighted by Crippen LogP contribution is -2.37. The van der Waals surface area contributed by atoms with Gasteiger partial charge in [-0.05, 0) is 25.7 Å². The van der Waals surface area contributed by atoms with Crippen LogP contribution in [-0.4, -0.2) is 38.0 Å². The quantitative estimate of drug-likeness (QED) is 0.844. The summed E-state index contributed by atoms with van der Waals surface area (Å²) < 4.78 is 1.73. The number of carboxylic acid groups (broad SMARTS) is 1. The molecule has 1 aromatic heterocycles. The summed E-state index contributed by atoms with van der Waals surface area (Å²) in [6, 6.07) is -0.317. The molecule has 20 heavy (non-hydrogen) atoms. The number of carboxylic acids is 1. The van der Waals surface area contributed by atoms with E-state index in [9.17, 15) is 14.7 Å². The molecule has 0 saturated heterocycles. The molecule has 2 N–H and O–H groups in total. The van der Waals surface area contributed by atoms with Crippen molar-refractivity contribution in [3.8, 4) is 0 Å². The van der Waals surface area contributed by atoms with E-state index < -0.39 is 11.9 Å². The van der Waals surface area contributed by atoms with Gasteiger partial charge in [0.25, 0.3) is 0 Å². The van der Waals surface area contributed by atoms with E-state index in [2.05, 4.69) is 15.6 Å². The van der Waals surface area contributed by atoms with Gasteiger partial charge < -0.3 is 10.4 Å². The molecule has 0 radical (unpaired) electrons. The number of carbonyl (C=O) groups is 2. The van der Waals surface area contributed by atoms with Crippen LogP contribution < -0.4 is 5.32 Å². The maximum atomic E-state index is 11.3. The largest absolute Gasteiger partial charge is 0.481 e. The van der Waals surface area contributed by atoms with Crippen LogP contribution in [0.1, 0.15) is 50.3 Å². The lowest BCUT2D eigenvalue weighted by molar-refractivity contribution is -0.141. The zero-order valence-electron chi connectivity index (χ0n) is 11.3. The summed E-state index contributed by atoms with van der Waals surface area (Å²) in [6.45, 7) is 1.45. The second-order valence-corrected chi connectivity index (χ2v) is 5.78. The van der Waals surface area contributed by atoms with Crippen molar-refractivity contribution in [2.24, 2.45) is 5.92 Å². The smallest absolute Gasteiger partial charge is 0.306 e. The lowest BCUT2D eigenvalue weighted by atomic mass is 10.1. The predicted molar refractivity (Wildman–Crippen MR) is 69.0 cm³/mol. The van der Waals surface area contributed by atoms with Gasteiger partial charge in [-0.3, -0.25) is 9.59 Å². The Morgan fingerprint density at radius 1 is 1.40 bits per heavy atom. The summed E-state index contributed by atoms with van der Waals surface area (Å²) in [7, 11) is 0. The first kappa shape index (κ1) is 13.1. The molecule has 2 aliphatic rings. The van der Waals surface area contributed by atoms with Gasteiger partial charge in [0.05, 0.1) is 23.7 Å². The van der Waals surface area contributed by atoms with E-state index in [1.54, 1.807) is 4.68 Å². The molecule has 108 valence electrons. The van der Waals surface area contributed by atoms with Gasteiger partial charge in [0.15, 0.2) is 0 Å². The van der Waals surface area contributed by atoms with Crippen molar-refractivity contribution in [2.75, 3.05) is 0 Å². The van der Waals surface area contributed by atoms with E-state index in [0.717, 1.165) is 18.5 Å². The van der Waals surface area contributed by atoms with E-state index in [-0.39, 0.29) is 18.0 Å². The molecule has 7 heteroatoms. The normalized spacial score (nSPS) is 29.4. The van der Waals surface area contributed by atoms with E-state index >= 15 is 0 Å². The van der Waals surface area contributed by atoms with Gasteiger partial charge >= 0.3 is 5.97 Å². The predicted octanol–water partition coefficient (Wildman–Crippen LogP) is 0.696. The second kappa shape index (κ2) is 4.88. The fraction of sp³-hybridized carbons (Fsp3) is 0.692. The molecular weight excluding hydrogens is 260 g/mol. The van der Waals surface area contributed by atoms with Gasteiger partial charge in [0, 0.05) is 19.0 Å². The van der Waals surface area contributed by atoms with Crippen LogP contribution in [0.2, 0.25) is 0 Å². The first-order valence-electron chi connectivity index (χ1n) is 6.96. The first-order valence-corrected chi connectivity index (χ1v) is 6.96. The zero-order valence-corrected chi connectivity index (χ0v) is 11.3. The third-order valence-corrected chi connectivity index (χ3v) is 4.13. The van der Waals surface area contributed by atoms with E-state index in [0.29, 0.717) is 18.8 Å². The zero-order chi connectivity index (χ0) is 14.3. The molecule has 0 bridgehead atoms. The van der Waals surface area contributed by atoms with Crippen molar-refractivity contribution in [1.29, 1.82) is 0 Å². The molecule has 1 amide bonds. The van der Waals surface area contributed by atoms with Crippen molar-refractivity contribution in [1.82, 2.24) is 20.3 Å². The molecule has 1 heterocycles. The molecule has 3 atom stereocenters. The second-order valence-electron chi connectivity index (χ2n) is 5.78. The molecule has 7 nitrogen and oxygen atoms in total. The van der Waals surface area contributed by atoms with Crippen molar-refractivity contribution >= 4 is 11.9 Å². The summed E-state index contributed by atoms with van der Waals surface area (Å²) in [5.41, 5.74) is 0.977. The Morgan fingerprint density at radius 2 is 2.15 bits per heavy atom. The topological polar surface area (TPSA) is 97.1 Å². The average molecular weight is 278 g/mol. The number of carbonyl (C=O) groups excluding carboxylic acids is 1. The number of hydrogen-bond acceptors (Lipinski definition) is 4. The Balaban J connectivity index is 1.79. The highest BCUT2D eigenvalue weighted by atomic mass is 16.4. The molecule has 1 aromatic rings. The molecular formula is C13H18N4O3. The van der Waals surface area contributed by atoms with Crippen LogP contribution in [-0.2, 0) is 9.59 Å². The highest BCUT2D eigenvalue weighted by Gasteiger charge is 2.40. The Hall–Kier alpha value is -1.92. The van der Waals surface area contributed by atoms with Gasteiger partial charge in [-0.25, -0.2) is 4.68 Å². The molecule has 0 aliphatic heterocycles. The summed E-state index contributed by atoms with van der Waals surface area (Å²) in [5.74, 6) is -0.885. The number of aliphatic carboxylic acids is 1. The fourth-order valence-electron chi connectivity index (χ4n) is 2.94. The van der Waals surface area contributed by atoms with Crippen molar-refractivity contribution in [3.05, 3.63) is 11.9 Å². The van der Waals surface area contributed by atoms with Gasteiger partial charge in [-0.1, -0.05) is 5.21 Å². The van der Waals surface area contributed by atoms with Gasteiger partial charge in [0.2, 0.25) is 5.91 Å². The monoisotopic (exact) mass is 278 g/mol. The van der Waals surface area contributed by atoms with Gasteiger partial charge in [-0.2, -0.15) is 0 Å². The number of amides is 1. The van der Waals surface area contributed by atoms with Crippen molar-refractivity contribution in [3.63, 3.8) is 0 Å². The molecule has 3 rings (SSSR count). The maximum absolute atomic E-state index is 11.3. The van der Waals surface area contributed by atoms with Crippen LogP contribution in [0.15, 0.2) is 6.20 Å². The highest BCUT2D eigenvalue weighted by Crippen LogP contribution is 2.40. The average Bonchev–Trinajstić information content (AvgIpc) is 2.96. The van der Waals surface area contributed by atoms with Crippen molar-refractivity contribution in [2.45, 2.75) is 50.6 Å². The van der Waals surface area contributed by atoms with E-state index in [1.807, 2.05) is 6.20 Å². The van der Waals surface area contributed by atoms with Crippen LogP contribution in [0, 0.1) is 5.92 Å². The fourth-order valence-corrected chi connectivity index (χ4v) is 2.94. The van der Waals surface area contributed by atoms with Gasteiger partial charge in [-0.15, -0.1) is 5.10 Å². The number of nitrogens with one attached hydrogen (secondary N) is 1. The summed E-state index contributed by atoms with van der Waals surface area (Å²) in [4.78, 5) is 22.4. The lowest BCUT2D eigenvalue weighted by Gasteiger charge is -2.19. The third kappa shape index (κ3) is 2.52. The Morgan fingerprint density at radius 3 is 2.75 bits per heavy atom. The van der Waals surface area contributed by atoms with Gasteiger partial charge in [0.1, 0.15) is 0 Å². The highest BCUT2D eigenvalue weighted by molar-refractivity contribution is 5.74. The van der Waals surface area contributed by atoms with Crippen molar-refractivity contribution < 1.29 is 14.7 Å². The summed E-state index contributed by atoms with van der Waals surface area (Å²) >= 11 is 0. The van der Waals surface area contributed by atoms with Crippen LogP contribution in [0.3, 0.4) is 0 Å². The molecule has 2 aliphatic carbocycles. The molecule has 0 aromatic carbocycles. The maximum Gasteiger partial charge on any atom is 0.306 e. The SMILES string of the molecule is CC(=O)N[C@H]1CC(C(=O)O)C[C@H]1n1cc(C2CC2)nn1. The number of aromatic nitrogens is 3. The minimum atomic E-state index is -0.814. The Kier molecular flexibility index (Phi) is 3.19. The Labute approximate surface area is 116 Å². The Bertz CT molecular complexity index is 537. The third-order valence-electron chi connectivity index (χ3n) is 4.13. The van der Waals surface area contributed by atoms with Crippen LogP contribution in [0.25, 0.3) is 0 Å². The number of rotatable bonds is 4. The molecule has 1 unspecified atom stereocenters. The van der Waals surface area contributed by atoms with E-state index in [4.69, 9.17) is 0 Å². The number of nitrogens with zero attached hydrogens (tertiary/aromatic N) is 3. The molecule has 2 fully saturated rings. The summed E-state index contributed by atoms with van der Waals surface area (Å²) in [5, 5.41) is 20.3. The standard InChI is InChI=1S/C13H18N4O3/c1-7(18)14-10-4-9(13(19)20)5-12(10)17-6-11(15-16-17)8-2-3-8/h6,8-10,12H,2-5H2,1H3,(H,14,18)(H,19,20)/t9?,10-,12+/m0/s1. The minimum Gasteiger partial charge on any atom is -0.481 e. The molecule has 0 spiro atoms. The first-order chi connectivity index (χ1) is 9.54. The number of hydrogen-bond donors (Lipinski definition) is 2. The van der Waals surface area contributed by atoms with E-state index in [1.165, 1.54) is 6.92 Å².